The molecule has 3 nitrogen and oxygen atoms in total. The zero-order valence-electron chi connectivity index (χ0n) is 14.4. The zero-order chi connectivity index (χ0) is 16.3. The summed E-state index contributed by atoms with van der Waals surface area (Å²) < 4.78 is 18.3. The molecule has 0 aromatic carbocycles. The van der Waals surface area contributed by atoms with Crippen molar-refractivity contribution in [2.75, 3.05) is 0 Å². The van der Waals surface area contributed by atoms with Crippen LogP contribution in [0.2, 0.25) is 0 Å². The van der Waals surface area contributed by atoms with Crippen molar-refractivity contribution in [2.45, 2.75) is 41.5 Å². The second-order valence-electron chi connectivity index (χ2n) is 5.59. The van der Waals surface area contributed by atoms with E-state index >= 15 is 0 Å². The second kappa shape index (κ2) is 11.3. The summed E-state index contributed by atoms with van der Waals surface area (Å²) in [5, 5.41) is 0. The molecule has 0 unspecified atom stereocenters. The number of hydrogen-bond acceptors (Lipinski definition) is 3. The van der Waals surface area contributed by atoms with E-state index in [1.165, 1.54) is 16.7 Å². The summed E-state index contributed by atoms with van der Waals surface area (Å²) in [5.41, 5.74) is 12.2. The topological polar surface area (TPSA) is 27.7 Å². The Hall–Kier alpha value is -0.292. The van der Waals surface area contributed by atoms with Gasteiger partial charge in [-0.25, -0.2) is 0 Å². The lowest BCUT2D eigenvalue weighted by Crippen LogP contribution is -2.46. The lowest BCUT2D eigenvalue weighted by Gasteiger charge is -2.27. The highest BCUT2D eigenvalue weighted by atomic mass is 28.5. The molecule has 0 aliphatic rings. The molecule has 120 valence electrons. The smallest absolute Gasteiger partial charge is 0.415 e. The van der Waals surface area contributed by atoms with Crippen LogP contribution >= 0.6 is 0 Å². The first kappa shape index (κ1) is 20.7. The molecule has 0 aliphatic heterocycles. The van der Waals surface area contributed by atoms with Crippen LogP contribution in [0.25, 0.3) is 0 Å². The van der Waals surface area contributed by atoms with E-state index in [1.807, 2.05) is 0 Å². The fourth-order valence-corrected chi connectivity index (χ4v) is 10.7. The van der Waals surface area contributed by atoms with E-state index in [4.69, 9.17) is 12.3 Å². The lowest BCUT2D eigenvalue weighted by molar-refractivity contribution is 0.306. The molecule has 0 spiro atoms. The summed E-state index contributed by atoms with van der Waals surface area (Å²) in [4.78, 5) is 0. The highest BCUT2D eigenvalue weighted by molar-refractivity contribution is 6.78. The van der Waals surface area contributed by atoms with Crippen LogP contribution in [0.5, 0.6) is 0 Å². The normalized spacial score (nSPS) is 14.8. The van der Waals surface area contributed by atoms with Gasteiger partial charge in [0.05, 0.1) is 0 Å². The van der Waals surface area contributed by atoms with Gasteiger partial charge in [-0.05, 0) is 47.2 Å². The first-order chi connectivity index (χ1) is 9.81. The number of rotatable bonds is 10. The van der Waals surface area contributed by atoms with Gasteiger partial charge in [-0.2, -0.15) is 0 Å². The van der Waals surface area contributed by atoms with Crippen LogP contribution in [-0.4, -0.2) is 38.1 Å². The molecule has 0 atom stereocenters. The quantitative estimate of drug-likeness (QED) is 0.557. The molecule has 0 bridgehead atoms. The Morgan fingerprint density at radius 2 is 1.00 bits per heavy atom. The third-order valence-corrected chi connectivity index (χ3v) is 12.9. The van der Waals surface area contributed by atoms with E-state index in [1.54, 1.807) is 5.70 Å². The molecule has 0 aliphatic carbocycles. The molecule has 0 aromatic heterocycles. The predicted octanol–water partition coefficient (Wildman–Crippen LogP) is 1.72. The Kier molecular flexibility index (Phi) is 11.1. The van der Waals surface area contributed by atoms with Crippen LogP contribution in [0, 0.1) is 0 Å². The number of hydrogen-bond donors (Lipinski definition) is 0. The molecule has 21 heavy (non-hydrogen) atoms. The average Bonchev–Trinajstić information content (AvgIpc) is 2.36. The summed E-state index contributed by atoms with van der Waals surface area (Å²) in [5.74, 6) is 0. The van der Waals surface area contributed by atoms with E-state index in [0.717, 1.165) is 0 Å². The van der Waals surface area contributed by atoms with Crippen LogP contribution in [-0.2, 0) is 12.3 Å². The Morgan fingerprint density at radius 1 is 0.714 bits per heavy atom. The summed E-state index contributed by atoms with van der Waals surface area (Å²) in [6, 6.07) is 0. The molecule has 0 radical (unpaired) electrons. The maximum Gasteiger partial charge on any atom is 0.497 e. The number of allylic oxidation sites excluding steroid dienone is 3. The summed E-state index contributed by atoms with van der Waals surface area (Å²) >= 11 is 0. The Bertz CT molecular complexity index is 349. The van der Waals surface area contributed by atoms with Crippen molar-refractivity contribution < 1.29 is 12.3 Å². The molecule has 0 heterocycles. The second-order valence-corrected chi connectivity index (χ2v) is 12.9. The largest absolute Gasteiger partial charge is 0.497 e. The minimum atomic E-state index is -2.65. The fraction of sp³-hybridized carbons (Fsp3) is 0.429. The van der Waals surface area contributed by atoms with E-state index in [2.05, 4.69) is 65.2 Å². The van der Waals surface area contributed by atoms with E-state index < -0.39 is 38.1 Å². The third kappa shape index (κ3) is 11.0. The van der Waals surface area contributed by atoms with Gasteiger partial charge in [0.15, 0.2) is 29.3 Å². The van der Waals surface area contributed by atoms with Gasteiger partial charge in [0.1, 0.15) is 0 Å². The van der Waals surface area contributed by atoms with Gasteiger partial charge in [0.25, 0.3) is 0 Å². The van der Waals surface area contributed by atoms with E-state index in [9.17, 15) is 0 Å². The lowest BCUT2D eigenvalue weighted by atomic mass is 10.4. The highest BCUT2D eigenvalue weighted by Gasteiger charge is 2.35. The minimum Gasteiger partial charge on any atom is -0.415 e. The van der Waals surface area contributed by atoms with Crippen molar-refractivity contribution in [3.8, 4) is 0 Å². The van der Waals surface area contributed by atoms with E-state index in [-0.39, 0.29) is 0 Å². The predicted molar refractivity (Wildman–Crippen MR) is 103 cm³/mol. The summed E-state index contributed by atoms with van der Waals surface area (Å²) in [6.07, 6.45) is 0. The van der Waals surface area contributed by atoms with Gasteiger partial charge in [-0.1, -0.05) is 33.8 Å². The first-order valence-corrected chi connectivity index (χ1v) is 13.2. The molecular weight excluding hydrogens is 328 g/mol. The van der Waals surface area contributed by atoms with Crippen LogP contribution in [0.1, 0.15) is 41.5 Å². The highest BCUT2D eigenvalue weighted by Crippen LogP contribution is 2.11. The fourth-order valence-electron chi connectivity index (χ4n) is 1.28. The summed E-state index contributed by atoms with van der Waals surface area (Å²) in [7, 11) is -4.95. The molecule has 0 aromatic rings. The molecule has 0 N–H and O–H groups in total. The van der Waals surface area contributed by atoms with Crippen LogP contribution in [0.15, 0.2) is 46.1 Å². The van der Waals surface area contributed by atoms with Gasteiger partial charge < -0.3 is 12.3 Å². The van der Waals surface area contributed by atoms with Crippen LogP contribution < -0.4 is 0 Å². The van der Waals surface area contributed by atoms with Crippen molar-refractivity contribution in [1.29, 1.82) is 0 Å². The molecule has 0 rings (SSSR count). The van der Waals surface area contributed by atoms with Crippen LogP contribution in [0.4, 0.5) is 0 Å². The molecule has 0 saturated carbocycles. The van der Waals surface area contributed by atoms with Crippen molar-refractivity contribution in [1.82, 2.24) is 0 Å². The van der Waals surface area contributed by atoms with Crippen molar-refractivity contribution in [3.63, 3.8) is 0 Å². The Labute approximate surface area is 138 Å². The maximum atomic E-state index is 6.10. The maximum absolute atomic E-state index is 6.10. The first-order valence-electron chi connectivity index (χ1n) is 7.27. The Balaban J connectivity index is 4.81. The molecule has 7 heteroatoms. The van der Waals surface area contributed by atoms with Crippen molar-refractivity contribution >= 4 is 38.1 Å². The van der Waals surface area contributed by atoms with Gasteiger partial charge >= 0.3 is 8.80 Å². The SMILES string of the molecule is C=C[Si](O[SiH2]C=C(C)C)(O[SiH2]C=C(C)C)O[SiH2]C=C(C)C. The van der Waals surface area contributed by atoms with Gasteiger partial charge in [0, 0.05) is 0 Å². The van der Waals surface area contributed by atoms with Gasteiger partial charge in [0.2, 0.25) is 0 Å². The monoisotopic (exact) mass is 358 g/mol. The summed E-state index contributed by atoms with van der Waals surface area (Å²) in [6.45, 7) is 16.4. The average molecular weight is 359 g/mol. The Morgan fingerprint density at radius 3 is 1.19 bits per heavy atom. The molecule has 0 fully saturated rings. The van der Waals surface area contributed by atoms with E-state index in [0.29, 0.717) is 0 Å². The third-order valence-electron chi connectivity index (χ3n) is 2.58. The van der Waals surface area contributed by atoms with Crippen molar-refractivity contribution in [3.05, 3.63) is 46.1 Å². The molecular formula is C14H30O3Si4. The van der Waals surface area contributed by atoms with Crippen molar-refractivity contribution in [2.24, 2.45) is 0 Å². The zero-order valence-corrected chi connectivity index (χ0v) is 19.6. The van der Waals surface area contributed by atoms with Crippen LogP contribution in [0.3, 0.4) is 0 Å². The minimum absolute atomic E-state index is 0.764. The molecule has 0 saturated heterocycles. The molecule has 0 amide bonds. The van der Waals surface area contributed by atoms with Gasteiger partial charge in [-0.3, -0.25) is 0 Å². The van der Waals surface area contributed by atoms with Gasteiger partial charge in [-0.15, -0.1) is 6.58 Å². The standard InChI is InChI=1S/C14H30O3Si4/c1-8-21(15-18-9-12(2)3,16-19-10-13(4)5)17-20-11-14(6)7/h8-11H,1,18-20H2,2-7H3.